The highest BCUT2D eigenvalue weighted by Gasteiger charge is 2.46. The molecule has 0 aromatic heterocycles. The molecule has 29 heavy (non-hydrogen) atoms. The first kappa shape index (κ1) is 20.1. The number of rotatable bonds is 1. The number of amides is 3. The molecule has 6 nitrogen and oxygen atoms in total. The topological polar surface area (TPSA) is 47.1 Å². The quantitative estimate of drug-likeness (QED) is 0.726. The van der Waals surface area contributed by atoms with Crippen molar-refractivity contribution in [1.82, 2.24) is 14.7 Å². The van der Waals surface area contributed by atoms with Crippen LogP contribution in [-0.4, -0.2) is 79.5 Å². The lowest BCUT2D eigenvalue weighted by Gasteiger charge is -2.45. The molecule has 0 N–H and O–H groups in total. The van der Waals surface area contributed by atoms with Crippen molar-refractivity contribution in [2.45, 2.75) is 44.1 Å². The Balaban J connectivity index is 1.42. The summed E-state index contributed by atoms with van der Waals surface area (Å²) in [5.41, 5.74) is 1.74. The molecule has 7 heteroatoms. The predicted molar refractivity (Wildman–Crippen MR) is 111 cm³/mol. The third-order valence-corrected chi connectivity index (χ3v) is 7.05. The van der Waals surface area contributed by atoms with Gasteiger partial charge in [0.15, 0.2) is 0 Å². The third-order valence-electron chi connectivity index (χ3n) is 7.05. The van der Waals surface area contributed by atoms with E-state index in [9.17, 15) is 14.0 Å². The highest BCUT2D eigenvalue weighted by atomic mass is 19.1. The number of likely N-dealkylation sites (tertiary alicyclic amines) is 2. The van der Waals surface area contributed by atoms with E-state index in [1.807, 2.05) is 9.80 Å². The lowest BCUT2D eigenvalue weighted by Crippen LogP contribution is -2.53. The smallest absolute Gasteiger partial charge is 0.319 e. The number of anilines is 1. The maximum atomic E-state index is 14.0. The van der Waals surface area contributed by atoms with Crippen molar-refractivity contribution in [3.63, 3.8) is 0 Å². The zero-order valence-electron chi connectivity index (χ0n) is 17.7. The zero-order valence-corrected chi connectivity index (χ0v) is 17.7. The van der Waals surface area contributed by atoms with Crippen LogP contribution >= 0.6 is 0 Å². The van der Waals surface area contributed by atoms with E-state index in [0.29, 0.717) is 12.6 Å². The van der Waals surface area contributed by atoms with Gasteiger partial charge in [0.25, 0.3) is 0 Å². The van der Waals surface area contributed by atoms with Crippen LogP contribution in [0, 0.1) is 5.82 Å². The first-order valence-corrected chi connectivity index (χ1v) is 10.6. The minimum Gasteiger partial charge on any atom is -0.331 e. The number of hydrogen-bond donors (Lipinski definition) is 0. The van der Waals surface area contributed by atoms with E-state index >= 15 is 0 Å². The molecule has 0 bridgehead atoms. The van der Waals surface area contributed by atoms with E-state index < -0.39 is 0 Å². The van der Waals surface area contributed by atoms with Crippen LogP contribution in [0.5, 0.6) is 0 Å². The number of carbonyl (C=O) groups excluding carboxylic acids is 2. The van der Waals surface area contributed by atoms with E-state index in [0.717, 1.165) is 63.1 Å². The Morgan fingerprint density at radius 3 is 2.34 bits per heavy atom. The predicted octanol–water partition coefficient (Wildman–Crippen LogP) is 2.67. The summed E-state index contributed by atoms with van der Waals surface area (Å²) >= 11 is 0. The summed E-state index contributed by atoms with van der Waals surface area (Å²) in [4.78, 5) is 32.2. The van der Waals surface area contributed by atoms with Crippen LogP contribution in [0.15, 0.2) is 18.2 Å². The van der Waals surface area contributed by atoms with Gasteiger partial charge in [0.2, 0.25) is 5.91 Å². The average molecular weight is 403 g/mol. The number of benzene rings is 1. The zero-order chi connectivity index (χ0) is 20.8. The van der Waals surface area contributed by atoms with E-state index in [1.54, 1.807) is 38.1 Å². The van der Waals surface area contributed by atoms with E-state index in [4.69, 9.17) is 0 Å². The highest BCUT2D eigenvalue weighted by molar-refractivity contribution is 5.94. The Labute approximate surface area is 172 Å². The number of hydrogen-bond acceptors (Lipinski definition) is 3. The molecule has 158 valence electrons. The molecule has 3 aliphatic heterocycles. The fraction of sp³-hybridized carbons (Fsp3) is 0.636. The van der Waals surface area contributed by atoms with Crippen molar-refractivity contribution >= 4 is 17.6 Å². The van der Waals surface area contributed by atoms with Crippen LogP contribution in [0.3, 0.4) is 0 Å². The number of urea groups is 1. The summed E-state index contributed by atoms with van der Waals surface area (Å²) in [6.45, 7) is 5.75. The minimum absolute atomic E-state index is 0.0232. The third kappa shape index (κ3) is 3.61. The first-order valence-electron chi connectivity index (χ1n) is 10.6. The average Bonchev–Trinajstić information content (AvgIpc) is 3.02. The van der Waals surface area contributed by atoms with Gasteiger partial charge in [-0.25, -0.2) is 9.18 Å². The Bertz CT molecular complexity index is 796. The van der Waals surface area contributed by atoms with Crippen LogP contribution in [-0.2, 0) is 10.2 Å². The van der Waals surface area contributed by atoms with Gasteiger partial charge in [-0.2, -0.15) is 0 Å². The molecule has 2 fully saturated rings. The maximum absolute atomic E-state index is 14.0. The first-order chi connectivity index (χ1) is 13.8. The van der Waals surface area contributed by atoms with Gasteiger partial charge in [0.05, 0.1) is 0 Å². The molecule has 4 rings (SSSR count). The van der Waals surface area contributed by atoms with Gasteiger partial charge in [-0.1, -0.05) is 0 Å². The summed E-state index contributed by atoms with van der Waals surface area (Å²) in [7, 11) is 3.59. The van der Waals surface area contributed by atoms with Crippen LogP contribution in [0.25, 0.3) is 0 Å². The summed E-state index contributed by atoms with van der Waals surface area (Å²) in [6.07, 6.45) is 3.86. The Morgan fingerprint density at radius 1 is 1.10 bits per heavy atom. The number of fused-ring (bicyclic) bond motifs is 2. The summed E-state index contributed by atoms with van der Waals surface area (Å²) in [5.74, 6) is -0.205. The Morgan fingerprint density at radius 2 is 1.76 bits per heavy atom. The van der Waals surface area contributed by atoms with Gasteiger partial charge in [-0.3, -0.25) is 4.79 Å². The van der Waals surface area contributed by atoms with Gasteiger partial charge in [-0.05, 0) is 62.5 Å². The van der Waals surface area contributed by atoms with Crippen LogP contribution < -0.4 is 4.90 Å². The molecule has 0 saturated carbocycles. The SMILES string of the molecule is CC(=O)N1CC2(CCN(C3CCN(C(=O)N(C)C)CC3)CC2)c2cc(F)ccc21. The molecule has 3 heterocycles. The fourth-order valence-corrected chi connectivity index (χ4v) is 5.37. The molecule has 0 aliphatic carbocycles. The van der Waals surface area contributed by atoms with Crippen molar-refractivity contribution < 1.29 is 14.0 Å². The largest absolute Gasteiger partial charge is 0.331 e. The highest BCUT2D eigenvalue weighted by Crippen LogP contribution is 2.47. The maximum Gasteiger partial charge on any atom is 0.319 e. The molecule has 3 amide bonds. The Kier molecular flexibility index (Phi) is 5.27. The molecule has 0 radical (unpaired) electrons. The van der Waals surface area contributed by atoms with Gasteiger partial charge >= 0.3 is 6.03 Å². The number of halogens is 1. The number of carbonyl (C=O) groups is 2. The molecule has 2 saturated heterocycles. The van der Waals surface area contributed by atoms with E-state index in [-0.39, 0.29) is 23.2 Å². The Hall–Kier alpha value is -2.15. The van der Waals surface area contributed by atoms with Crippen molar-refractivity contribution in [2.75, 3.05) is 51.7 Å². The lowest BCUT2D eigenvalue weighted by molar-refractivity contribution is -0.116. The van der Waals surface area contributed by atoms with Gasteiger partial charge in [-0.15, -0.1) is 0 Å². The lowest BCUT2D eigenvalue weighted by atomic mass is 9.74. The van der Waals surface area contributed by atoms with Gasteiger partial charge in [0.1, 0.15) is 5.82 Å². The molecule has 1 aromatic rings. The summed E-state index contributed by atoms with van der Waals surface area (Å²) in [5, 5.41) is 0. The van der Waals surface area contributed by atoms with Crippen LogP contribution in [0.2, 0.25) is 0 Å². The molecule has 1 spiro atoms. The van der Waals surface area contributed by atoms with Crippen LogP contribution in [0.1, 0.15) is 38.2 Å². The standard InChI is InChI=1S/C22H31FN4O2/c1-16(28)27-15-22(19-14-17(23)4-5-20(19)27)8-12-25(13-9-22)18-6-10-26(11-7-18)21(29)24(2)3/h4-5,14,18H,6-13,15H2,1-3H3. The molecule has 1 aromatic carbocycles. The summed E-state index contributed by atoms with van der Waals surface area (Å²) in [6, 6.07) is 5.43. The molecule has 0 atom stereocenters. The number of piperidine rings is 2. The second kappa shape index (κ2) is 7.59. The molecule has 3 aliphatic rings. The van der Waals surface area contributed by atoms with Gasteiger partial charge in [0, 0.05) is 57.8 Å². The van der Waals surface area contributed by atoms with Crippen molar-refractivity contribution in [2.24, 2.45) is 0 Å². The van der Waals surface area contributed by atoms with E-state index in [2.05, 4.69) is 4.90 Å². The second-order valence-electron chi connectivity index (χ2n) is 8.98. The van der Waals surface area contributed by atoms with Crippen molar-refractivity contribution in [3.8, 4) is 0 Å². The van der Waals surface area contributed by atoms with Crippen LogP contribution in [0.4, 0.5) is 14.9 Å². The number of nitrogens with zero attached hydrogens (tertiary/aromatic N) is 4. The van der Waals surface area contributed by atoms with Gasteiger partial charge < -0.3 is 19.6 Å². The monoisotopic (exact) mass is 402 g/mol. The second-order valence-corrected chi connectivity index (χ2v) is 8.98. The molecular formula is C22H31FN4O2. The molecule has 0 unspecified atom stereocenters. The van der Waals surface area contributed by atoms with E-state index in [1.165, 1.54) is 6.07 Å². The fourth-order valence-electron chi connectivity index (χ4n) is 5.37. The molecular weight excluding hydrogens is 371 g/mol. The normalized spacial score (nSPS) is 22.1. The van der Waals surface area contributed by atoms with Crippen molar-refractivity contribution in [1.29, 1.82) is 0 Å². The summed E-state index contributed by atoms with van der Waals surface area (Å²) < 4.78 is 14.0. The van der Waals surface area contributed by atoms with Crippen molar-refractivity contribution in [3.05, 3.63) is 29.6 Å². The minimum atomic E-state index is -0.228.